The molecule has 0 aromatic heterocycles. The van der Waals surface area contributed by atoms with Crippen molar-refractivity contribution in [2.45, 2.75) is 76.4 Å². The van der Waals surface area contributed by atoms with E-state index in [1.165, 1.54) is 38.5 Å². The molecule has 2 aliphatic carbocycles. The quantitative estimate of drug-likeness (QED) is 0.706. The van der Waals surface area contributed by atoms with E-state index in [1.54, 1.807) is 0 Å². The van der Waals surface area contributed by atoms with Gasteiger partial charge in [0.1, 0.15) is 0 Å². The summed E-state index contributed by atoms with van der Waals surface area (Å²) >= 11 is 0. The molecule has 180 valence electrons. The van der Waals surface area contributed by atoms with E-state index in [0.29, 0.717) is 30.6 Å². The van der Waals surface area contributed by atoms with Crippen LogP contribution in [0.25, 0.3) is 0 Å². The minimum Gasteiger partial charge on any atom is -0.352 e. The average molecular weight is 446 g/mol. The Bertz CT molecular complexity index is 670. The zero-order valence-electron chi connectivity index (χ0n) is 20.4. The number of piperazine rings is 1. The molecule has 1 atom stereocenters. The smallest absolute Gasteiger partial charge is 0.240 e. The molecule has 4 aliphatic rings. The normalized spacial score (nSPS) is 34.4. The minimum absolute atomic E-state index is 0.174. The maximum absolute atomic E-state index is 12.6. The van der Waals surface area contributed by atoms with Crippen LogP contribution in [-0.2, 0) is 4.79 Å². The van der Waals surface area contributed by atoms with Crippen molar-refractivity contribution in [1.29, 1.82) is 0 Å². The number of azo groups is 1. The van der Waals surface area contributed by atoms with Crippen molar-refractivity contribution in [2.24, 2.45) is 27.1 Å². The van der Waals surface area contributed by atoms with Gasteiger partial charge in [0.15, 0.2) is 0 Å². The summed E-state index contributed by atoms with van der Waals surface area (Å²) < 4.78 is 0. The number of nitrogens with one attached hydrogen (secondary N) is 1. The Morgan fingerprint density at radius 3 is 2.34 bits per heavy atom. The molecule has 1 amide bonds. The number of carbonyl (C=O) groups excluding carboxylic acids is 1. The molecular weight excluding hydrogens is 402 g/mol. The van der Waals surface area contributed by atoms with E-state index in [9.17, 15) is 4.79 Å². The highest BCUT2D eigenvalue weighted by Crippen LogP contribution is 2.32. The Labute approximate surface area is 193 Å². The highest BCUT2D eigenvalue weighted by Gasteiger charge is 2.30. The van der Waals surface area contributed by atoms with Gasteiger partial charge in [-0.2, -0.15) is 5.11 Å². The first-order valence-corrected chi connectivity index (χ1v) is 12.9. The third kappa shape index (κ3) is 6.28. The Morgan fingerprint density at radius 2 is 1.69 bits per heavy atom. The lowest BCUT2D eigenvalue weighted by atomic mass is 9.79. The molecule has 4 rings (SSSR count). The highest BCUT2D eigenvalue weighted by molar-refractivity contribution is 5.81. The number of rotatable bonds is 5. The number of nitrogens with zero attached hydrogens (tertiary/aromatic N) is 6. The monoisotopic (exact) mass is 445 g/mol. The fourth-order valence-electron chi connectivity index (χ4n) is 5.79. The largest absolute Gasteiger partial charge is 0.352 e. The van der Waals surface area contributed by atoms with E-state index in [0.717, 1.165) is 57.4 Å². The Morgan fingerprint density at radius 1 is 1.00 bits per heavy atom. The lowest BCUT2D eigenvalue weighted by molar-refractivity contribution is -0.123. The highest BCUT2D eigenvalue weighted by atomic mass is 16.2. The topological polar surface area (TPSA) is 75.9 Å². The fourth-order valence-corrected chi connectivity index (χ4v) is 5.79. The molecule has 2 aliphatic heterocycles. The van der Waals surface area contributed by atoms with Gasteiger partial charge in [-0.1, -0.05) is 19.8 Å². The number of amides is 1. The van der Waals surface area contributed by atoms with E-state index >= 15 is 0 Å². The van der Waals surface area contributed by atoms with Crippen LogP contribution in [0.5, 0.6) is 0 Å². The van der Waals surface area contributed by atoms with Crippen molar-refractivity contribution in [1.82, 2.24) is 20.0 Å². The number of guanidine groups is 1. The van der Waals surface area contributed by atoms with Crippen LogP contribution in [0.1, 0.15) is 58.3 Å². The van der Waals surface area contributed by atoms with E-state index < -0.39 is 0 Å². The molecule has 0 aromatic carbocycles. The predicted octanol–water partition coefficient (Wildman–Crippen LogP) is 2.61. The van der Waals surface area contributed by atoms with Crippen molar-refractivity contribution in [3.63, 3.8) is 0 Å². The van der Waals surface area contributed by atoms with Crippen molar-refractivity contribution in [3.8, 4) is 0 Å². The average Bonchev–Trinajstić information content (AvgIpc) is 2.80. The van der Waals surface area contributed by atoms with Crippen molar-refractivity contribution >= 4 is 11.9 Å². The van der Waals surface area contributed by atoms with Gasteiger partial charge in [0.2, 0.25) is 11.9 Å². The molecule has 2 heterocycles. The molecule has 1 unspecified atom stereocenters. The summed E-state index contributed by atoms with van der Waals surface area (Å²) in [5.41, 5.74) is 0. The molecule has 0 aromatic rings. The van der Waals surface area contributed by atoms with Gasteiger partial charge in [0, 0.05) is 38.3 Å². The summed E-state index contributed by atoms with van der Waals surface area (Å²) in [5, 5.41) is 12.1. The Kier molecular flexibility index (Phi) is 8.16. The zero-order valence-corrected chi connectivity index (χ0v) is 20.4. The number of hydrogen-bond acceptors (Lipinski definition) is 7. The zero-order chi connectivity index (χ0) is 22.5. The van der Waals surface area contributed by atoms with Gasteiger partial charge in [-0.15, -0.1) is 5.11 Å². The summed E-state index contributed by atoms with van der Waals surface area (Å²) in [4.78, 5) is 24.4. The van der Waals surface area contributed by atoms with Gasteiger partial charge in [-0.25, -0.2) is 4.99 Å². The third-order valence-electron chi connectivity index (χ3n) is 8.13. The summed E-state index contributed by atoms with van der Waals surface area (Å²) in [7, 11) is 4.31. The van der Waals surface area contributed by atoms with Crippen molar-refractivity contribution in [2.75, 3.05) is 53.4 Å². The lowest BCUT2D eigenvalue weighted by Gasteiger charge is -2.37. The van der Waals surface area contributed by atoms with Crippen LogP contribution in [0.2, 0.25) is 0 Å². The van der Waals surface area contributed by atoms with Gasteiger partial charge < -0.3 is 15.1 Å². The van der Waals surface area contributed by atoms with E-state index in [-0.39, 0.29) is 5.91 Å². The van der Waals surface area contributed by atoms with Gasteiger partial charge in [0.05, 0.1) is 19.1 Å². The molecule has 1 N–H and O–H groups in total. The molecular formula is C24H43N7O. The number of carbonyl (C=O) groups is 1. The Balaban J connectivity index is 1.19. The van der Waals surface area contributed by atoms with Crippen LogP contribution in [0.4, 0.5) is 0 Å². The molecule has 32 heavy (non-hydrogen) atoms. The minimum atomic E-state index is 0.174. The van der Waals surface area contributed by atoms with Gasteiger partial charge in [-0.05, 0) is 64.5 Å². The number of aliphatic imine (C=N–C) groups is 1. The predicted molar refractivity (Wildman–Crippen MR) is 128 cm³/mol. The summed E-state index contributed by atoms with van der Waals surface area (Å²) in [6, 6.07) is 1.32. The third-order valence-corrected chi connectivity index (χ3v) is 8.13. The van der Waals surface area contributed by atoms with E-state index in [4.69, 9.17) is 4.99 Å². The standard InChI is InChI=1S/C24H43N7O/c1-18-4-6-19(7-5-18)22-16-25-28-24(27-22)31-14-12-30(13-15-31)17-23(32)26-20-8-10-21(11-9-20)29(2)3/h18-22H,4-17H2,1-3H3,(H,26,32). The first-order chi connectivity index (χ1) is 15.5. The summed E-state index contributed by atoms with van der Waals surface area (Å²) in [5.74, 6) is 2.52. The van der Waals surface area contributed by atoms with Crippen LogP contribution in [-0.4, -0.2) is 98.1 Å². The second kappa shape index (κ2) is 11.1. The van der Waals surface area contributed by atoms with Crippen LogP contribution < -0.4 is 5.32 Å². The molecule has 0 radical (unpaired) electrons. The van der Waals surface area contributed by atoms with Gasteiger partial charge in [0.25, 0.3) is 0 Å². The molecule has 8 heteroatoms. The van der Waals surface area contributed by atoms with E-state index in [2.05, 4.69) is 51.3 Å². The summed E-state index contributed by atoms with van der Waals surface area (Å²) in [6.45, 7) is 7.10. The molecule has 0 spiro atoms. The summed E-state index contributed by atoms with van der Waals surface area (Å²) in [6.07, 6.45) is 9.72. The maximum atomic E-state index is 12.6. The van der Waals surface area contributed by atoms with Crippen LogP contribution in [0.3, 0.4) is 0 Å². The second-order valence-corrected chi connectivity index (χ2v) is 10.7. The van der Waals surface area contributed by atoms with Crippen LogP contribution >= 0.6 is 0 Å². The van der Waals surface area contributed by atoms with Gasteiger partial charge in [-0.3, -0.25) is 9.69 Å². The second-order valence-electron chi connectivity index (χ2n) is 10.7. The molecule has 3 fully saturated rings. The first-order valence-electron chi connectivity index (χ1n) is 12.9. The SMILES string of the molecule is CC1CCC(C2CN=NC(N3CCN(CC(=O)NC4CCC(N(C)C)CC4)CC3)=N2)CC1. The van der Waals surface area contributed by atoms with E-state index in [1.807, 2.05) is 0 Å². The molecule has 0 bridgehead atoms. The maximum Gasteiger partial charge on any atom is 0.240 e. The molecule has 2 saturated carbocycles. The van der Waals surface area contributed by atoms with Crippen molar-refractivity contribution in [3.05, 3.63) is 0 Å². The Hall–Kier alpha value is -1.54. The van der Waals surface area contributed by atoms with Crippen molar-refractivity contribution < 1.29 is 4.79 Å². The van der Waals surface area contributed by atoms with Gasteiger partial charge >= 0.3 is 0 Å². The van der Waals surface area contributed by atoms with Crippen LogP contribution in [0, 0.1) is 11.8 Å². The van der Waals surface area contributed by atoms with Crippen LogP contribution in [0.15, 0.2) is 15.2 Å². The molecule has 8 nitrogen and oxygen atoms in total. The lowest BCUT2D eigenvalue weighted by Crippen LogP contribution is -2.52. The first kappa shape index (κ1) is 23.6. The number of hydrogen-bond donors (Lipinski definition) is 1. The molecule has 1 saturated heterocycles. The fraction of sp³-hybridized carbons (Fsp3) is 0.917.